The third kappa shape index (κ3) is 6.85. The number of nitrogens with one attached hydrogen (secondary N) is 3. The van der Waals surface area contributed by atoms with Gasteiger partial charge in [-0.2, -0.15) is 9.49 Å². The number of thiazole rings is 1. The van der Waals surface area contributed by atoms with Crippen molar-refractivity contribution in [1.82, 2.24) is 61.0 Å². The van der Waals surface area contributed by atoms with Crippen LogP contribution in [0.4, 0.5) is 10.2 Å². The highest BCUT2D eigenvalue weighted by Crippen LogP contribution is 2.46. The highest BCUT2D eigenvalue weighted by atomic mass is 32.1. The van der Waals surface area contributed by atoms with Crippen LogP contribution in [0.3, 0.4) is 0 Å². The van der Waals surface area contributed by atoms with Gasteiger partial charge in [0.25, 0.3) is 0 Å². The van der Waals surface area contributed by atoms with Crippen molar-refractivity contribution in [3.05, 3.63) is 96.8 Å². The van der Waals surface area contributed by atoms with Gasteiger partial charge in [-0.1, -0.05) is 6.07 Å². The summed E-state index contributed by atoms with van der Waals surface area (Å²) in [7, 11) is 3.79. The van der Waals surface area contributed by atoms with Crippen molar-refractivity contribution in [3.63, 3.8) is 0 Å². The van der Waals surface area contributed by atoms with E-state index < -0.39 is 5.95 Å². The molecule has 4 fully saturated rings. The number of nitrogens with zero attached hydrogens (tertiary/aromatic N) is 10. The second kappa shape index (κ2) is 15.4. The highest BCUT2D eigenvalue weighted by molar-refractivity contribution is 7.17. The zero-order chi connectivity index (χ0) is 42.2. The molecule has 4 saturated heterocycles. The first-order valence-electron chi connectivity index (χ1n) is 21.6. The number of aromatic nitrogens is 10. The van der Waals surface area contributed by atoms with Crippen molar-refractivity contribution >= 4 is 38.3 Å². The maximum atomic E-state index is 13.7. The van der Waals surface area contributed by atoms with Crippen molar-refractivity contribution < 1.29 is 13.9 Å². The van der Waals surface area contributed by atoms with E-state index in [1.165, 1.54) is 34.9 Å². The number of anilines is 1. The molecule has 0 amide bonds. The number of benzene rings is 2. The molecule has 8 aromatic rings. The number of methoxy groups -OCH3 is 1. The van der Waals surface area contributed by atoms with Crippen LogP contribution in [0, 0.1) is 17.8 Å². The zero-order valence-corrected chi connectivity index (χ0v) is 35.4. The van der Waals surface area contributed by atoms with E-state index in [1.807, 2.05) is 42.6 Å². The molecule has 15 nitrogen and oxygen atoms in total. The summed E-state index contributed by atoms with van der Waals surface area (Å²) in [4.78, 5) is 11.2. The lowest BCUT2D eigenvalue weighted by atomic mass is 9.79. The summed E-state index contributed by atoms with van der Waals surface area (Å²) in [6, 6.07) is 23.5. The monoisotopic (exact) mass is 861 g/mol. The Balaban J connectivity index is 0.688. The van der Waals surface area contributed by atoms with Crippen molar-refractivity contribution in [1.29, 1.82) is 0 Å². The molecule has 0 spiro atoms. The fraction of sp³-hybridized carbons (Fsp3) is 0.348. The Kier molecular flexibility index (Phi) is 9.37. The van der Waals surface area contributed by atoms with Gasteiger partial charge in [0.05, 0.1) is 46.1 Å². The fourth-order valence-corrected chi connectivity index (χ4v) is 11.9. The van der Waals surface area contributed by atoms with Gasteiger partial charge in [-0.15, -0.1) is 36.8 Å². The molecule has 2 unspecified atom stereocenters. The van der Waals surface area contributed by atoms with Crippen LogP contribution in [0.1, 0.15) is 38.5 Å². The van der Waals surface area contributed by atoms with Crippen molar-refractivity contribution in [3.8, 4) is 51.1 Å². The Bertz CT molecular complexity index is 2960. The molecule has 4 aliphatic heterocycles. The van der Waals surface area contributed by atoms with Crippen LogP contribution in [0.15, 0.2) is 90.8 Å². The van der Waals surface area contributed by atoms with Gasteiger partial charge in [0.15, 0.2) is 5.82 Å². The molecular weight excluding hydrogens is 818 g/mol. The van der Waals surface area contributed by atoms with E-state index in [2.05, 4.69) is 82.3 Å². The average Bonchev–Trinajstić information content (AvgIpc) is 4.18. The molecule has 4 bridgehead atoms. The minimum atomic E-state index is -0.534. The molecule has 2 aromatic carbocycles. The molecule has 12 rings (SSSR count). The van der Waals surface area contributed by atoms with E-state index in [4.69, 9.17) is 19.7 Å². The SMILES string of the molecule is COc1cc(-c2ccc(-c3ccc(N(C)[C@H]4C[C@@H]5CC(C6C[C@@H]7C[C@@H](Oc8ccc(-c9ccc(-n%10ccc(F)n%10)c%10ncsc9%10)nn8)C[C@H]6N7)[C@H](C4)N5)nn3)c3[nH]ncc23)ccn1. The molecule has 0 radical (unpaired) electrons. The lowest BCUT2D eigenvalue weighted by molar-refractivity contribution is 0.121. The Morgan fingerprint density at radius 2 is 1.57 bits per heavy atom. The fourth-order valence-electron chi connectivity index (χ4n) is 11.1. The number of H-pyrrole nitrogens is 1. The molecular formula is C46H44FN13O2S. The van der Waals surface area contributed by atoms with Crippen LogP contribution >= 0.6 is 11.3 Å². The van der Waals surface area contributed by atoms with E-state index in [0.717, 1.165) is 86.3 Å². The summed E-state index contributed by atoms with van der Waals surface area (Å²) in [6.45, 7) is 0. The normalized spacial score (nSPS) is 25.2. The largest absolute Gasteiger partial charge is 0.481 e. The maximum Gasteiger partial charge on any atom is 0.233 e. The quantitative estimate of drug-likeness (QED) is 0.128. The third-order valence-corrected chi connectivity index (χ3v) is 14.8. The van der Waals surface area contributed by atoms with Gasteiger partial charge in [0.1, 0.15) is 11.6 Å². The topological polar surface area (TPSA) is 170 Å². The molecule has 318 valence electrons. The molecule has 10 heterocycles. The summed E-state index contributed by atoms with van der Waals surface area (Å²) >= 11 is 1.51. The van der Waals surface area contributed by atoms with E-state index in [9.17, 15) is 4.39 Å². The van der Waals surface area contributed by atoms with Crippen molar-refractivity contribution in [2.75, 3.05) is 19.1 Å². The number of pyridine rings is 1. The lowest BCUT2D eigenvalue weighted by Crippen LogP contribution is -2.49. The Hall–Kier alpha value is -6.43. The average molecular weight is 862 g/mol. The van der Waals surface area contributed by atoms with Crippen LogP contribution in [0.25, 0.3) is 60.4 Å². The first kappa shape index (κ1) is 38.3. The number of piperidine rings is 2. The lowest BCUT2D eigenvalue weighted by Gasteiger charge is -2.38. The second-order valence-electron chi connectivity index (χ2n) is 17.4. The number of rotatable bonds is 10. The minimum absolute atomic E-state index is 0.0790. The molecule has 8 atom stereocenters. The zero-order valence-electron chi connectivity index (χ0n) is 34.6. The second-order valence-corrected chi connectivity index (χ2v) is 18.2. The van der Waals surface area contributed by atoms with Crippen LogP contribution in [0.2, 0.25) is 0 Å². The molecule has 6 aromatic heterocycles. The number of ether oxygens (including phenoxy) is 2. The third-order valence-electron chi connectivity index (χ3n) is 13.9. The predicted molar refractivity (Wildman–Crippen MR) is 237 cm³/mol. The molecule has 4 aliphatic rings. The van der Waals surface area contributed by atoms with Gasteiger partial charge < -0.3 is 25.0 Å². The standard InChI is InChI=1S/C46H44FN13O2S/c1-59(41-9-6-35(53-55-41)30-4-3-29(34-22-50-57-44(30)34)24-11-13-48-43(15-24)61-2)27-16-25-18-32(37(20-27)51-25)33-19-26-17-28(21-38(33)52-26)62-42-10-7-36(54-56-42)31-5-8-39(45-46(31)63-23-49-45)60-14-12-40(47)58-60/h3-15,22-23,25-28,32-33,37-38,51-52H,16-21H2,1-2H3,(H,50,57)/t25-,26+,27+,28-,32?,33?,37+,38-/m1/s1. The molecule has 17 heteroatoms. The van der Waals surface area contributed by atoms with Crippen LogP contribution in [0.5, 0.6) is 11.8 Å². The molecule has 0 saturated carbocycles. The first-order chi connectivity index (χ1) is 30.9. The van der Waals surface area contributed by atoms with E-state index in [0.29, 0.717) is 59.5 Å². The van der Waals surface area contributed by atoms with Gasteiger partial charge in [-0.05, 0) is 97.5 Å². The van der Waals surface area contributed by atoms with Crippen molar-refractivity contribution in [2.24, 2.45) is 11.8 Å². The van der Waals surface area contributed by atoms with E-state index in [-0.39, 0.29) is 6.10 Å². The van der Waals surface area contributed by atoms with Gasteiger partial charge in [-0.3, -0.25) is 5.10 Å². The predicted octanol–water partition coefficient (Wildman–Crippen LogP) is 7.02. The van der Waals surface area contributed by atoms with Gasteiger partial charge in [0.2, 0.25) is 17.7 Å². The first-order valence-corrected chi connectivity index (χ1v) is 22.4. The number of hydrogen-bond acceptors (Lipinski definition) is 14. The molecule has 3 N–H and O–H groups in total. The van der Waals surface area contributed by atoms with E-state index in [1.54, 1.807) is 25.0 Å². The molecule has 63 heavy (non-hydrogen) atoms. The van der Waals surface area contributed by atoms with Crippen LogP contribution in [-0.4, -0.2) is 101 Å². The molecule has 0 aliphatic carbocycles. The minimum Gasteiger partial charge on any atom is -0.481 e. The van der Waals surface area contributed by atoms with Crippen LogP contribution in [-0.2, 0) is 0 Å². The summed E-state index contributed by atoms with van der Waals surface area (Å²) in [5, 5.41) is 39.1. The summed E-state index contributed by atoms with van der Waals surface area (Å²) in [5.74, 6) is 2.66. The Morgan fingerprint density at radius 3 is 2.37 bits per heavy atom. The summed E-state index contributed by atoms with van der Waals surface area (Å²) in [5.41, 5.74) is 9.59. The Labute approximate surface area is 365 Å². The highest BCUT2D eigenvalue weighted by Gasteiger charge is 2.51. The van der Waals surface area contributed by atoms with Gasteiger partial charge >= 0.3 is 0 Å². The van der Waals surface area contributed by atoms with Crippen molar-refractivity contribution in [2.45, 2.75) is 74.8 Å². The van der Waals surface area contributed by atoms with Gasteiger partial charge in [-0.25, -0.2) is 14.6 Å². The summed E-state index contributed by atoms with van der Waals surface area (Å²) in [6.07, 6.45) is 11.7. The number of fused-ring (bicyclic) bond motifs is 6. The Morgan fingerprint density at radius 1 is 0.778 bits per heavy atom. The van der Waals surface area contributed by atoms with Gasteiger partial charge in [0, 0.05) is 90.8 Å². The number of hydrogen-bond donors (Lipinski definition) is 3. The number of aromatic amines is 1. The number of halogens is 1. The van der Waals surface area contributed by atoms with Crippen LogP contribution < -0.4 is 25.0 Å². The van der Waals surface area contributed by atoms with E-state index >= 15 is 0 Å². The smallest absolute Gasteiger partial charge is 0.233 e. The summed E-state index contributed by atoms with van der Waals surface area (Å²) < 4.78 is 28.0. The maximum absolute atomic E-state index is 13.7.